The second-order valence-electron chi connectivity index (χ2n) is 5.10. The van der Waals surface area contributed by atoms with E-state index < -0.39 is 0 Å². The molecular weight excluding hydrogens is 250 g/mol. The van der Waals surface area contributed by atoms with Crippen molar-refractivity contribution in [1.29, 1.82) is 0 Å². The fourth-order valence-electron chi connectivity index (χ4n) is 2.54. The predicted octanol–water partition coefficient (Wildman–Crippen LogP) is 2.49. The van der Waals surface area contributed by atoms with Crippen LogP contribution in [-0.2, 0) is 4.79 Å². The van der Waals surface area contributed by atoms with Crippen molar-refractivity contribution in [2.24, 2.45) is 10.9 Å². The summed E-state index contributed by atoms with van der Waals surface area (Å²) >= 11 is 0. The van der Waals surface area contributed by atoms with Crippen LogP contribution in [0, 0.1) is 5.92 Å². The number of rotatable bonds is 2. The number of aromatic nitrogens is 2. The fraction of sp³-hybridized carbons (Fsp3) is 0.312. The summed E-state index contributed by atoms with van der Waals surface area (Å²) in [6.07, 6.45) is 7.72. The molecule has 0 aliphatic heterocycles. The molecule has 102 valence electrons. The van der Waals surface area contributed by atoms with Gasteiger partial charge in [-0.15, -0.1) is 0 Å². The van der Waals surface area contributed by atoms with E-state index in [2.05, 4.69) is 10.1 Å². The van der Waals surface area contributed by atoms with E-state index in [1.165, 1.54) is 0 Å². The molecule has 0 spiro atoms. The number of hydrogen-bond donors (Lipinski definition) is 0. The van der Waals surface area contributed by atoms with Crippen LogP contribution in [0.1, 0.15) is 25.7 Å². The minimum Gasteiger partial charge on any atom is -0.272 e. The molecule has 0 atom stereocenters. The summed E-state index contributed by atoms with van der Waals surface area (Å²) in [4.78, 5) is 16.1. The van der Waals surface area contributed by atoms with Crippen molar-refractivity contribution in [2.75, 3.05) is 0 Å². The summed E-state index contributed by atoms with van der Waals surface area (Å²) in [5.74, 6) is 0.123. The van der Waals surface area contributed by atoms with E-state index in [1.54, 1.807) is 10.9 Å². The molecule has 1 aliphatic carbocycles. The molecule has 3 rings (SSSR count). The first-order valence-corrected chi connectivity index (χ1v) is 7.02. The standard InChI is InChI=1S/C16H17N3O/c20-16(13-6-4-5-7-13)18-14-10-11-19(17-12-14)15-8-2-1-3-9-15/h1-3,8-13H,4-7H2/b18-14+. The molecule has 1 heterocycles. The molecule has 2 aromatic rings. The number of amides is 1. The lowest BCUT2D eigenvalue weighted by Gasteiger charge is -2.04. The fourth-order valence-corrected chi connectivity index (χ4v) is 2.54. The summed E-state index contributed by atoms with van der Waals surface area (Å²) in [6.45, 7) is 0. The Hall–Kier alpha value is -2.23. The Morgan fingerprint density at radius 2 is 1.90 bits per heavy atom. The number of benzene rings is 1. The predicted molar refractivity (Wildman–Crippen MR) is 76.1 cm³/mol. The van der Waals surface area contributed by atoms with Crippen molar-refractivity contribution in [2.45, 2.75) is 25.7 Å². The number of nitrogens with zero attached hydrogens (tertiary/aromatic N) is 3. The largest absolute Gasteiger partial charge is 0.272 e. The van der Waals surface area contributed by atoms with E-state index in [4.69, 9.17) is 0 Å². The first kappa shape index (κ1) is 12.8. The van der Waals surface area contributed by atoms with Crippen LogP contribution in [0.15, 0.2) is 53.8 Å². The molecule has 1 saturated carbocycles. The molecule has 0 unspecified atom stereocenters. The van der Waals surface area contributed by atoms with Gasteiger partial charge in [-0.05, 0) is 31.0 Å². The van der Waals surface area contributed by atoms with Gasteiger partial charge in [0.15, 0.2) is 0 Å². The molecule has 1 aromatic heterocycles. The van der Waals surface area contributed by atoms with Gasteiger partial charge in [-0.1, -0.05) is 31.0 Å². The number of para-hydroxylation sites is 1. The molecule has 4 heteroatoms. The van der Waals surface area contributed by atoms with Crippen LogP contribution in [-0.4, -0.2) is 15.7 Å². The maximum Gasteiger partial charge on any atom is 0.249 e. The number of hydrogen-bond acceptors (Lipinski definition) is 2. The van der Waals surface area contributed by atoms with Gasteiger partial charge in [-0.2, -0.15) is 5.10 Å². The molecule has 0 N–H and O–H groups in total. The Bertz CT molecular complexity index is 634. The average molecular weight is 267 g/mol. The van der Waals surface area contributed by atoms with Crippen LogP contribution < -0.4 is 5.36 Å². The minimum absolute atomic E-state index is 0.00163. The van der Waals surface area contributed by atoms with Gasteiger partial charge in [-0.3, -0.25) is 4.79 Å². The molecule has 0 bridgehead atoms. The molecule has 0 saturated heterocycles. The van der Waals surface area contributed by atoms with Gasteiger partial charge in [-0.25, -0.2) is 9.67 Å². The highest BCUT2D eigenvalue weighted by Crippen LogP contribution is 2.25. The Morgan fingerprint density at radius 3 is 2.55 bits per heavy atom. The van der Waals surface area contributed by atoms with Crippen molar-refractivity contribution in [3.63, 3.8) is 0 Å². The molecule has 20 heavy (non-hydrogen) atoms. The number of carbonyl (C=O) groups is 1. The second-order valence-corrected chi connectivity index (χ2v) is 5.10. The Balaban J connectivity index is 1.80. The summed E-state index contributed by atoms with van der Waals surface area (Å²) in [5, 5.41) is 4.93. The topological polar surface area (TPSA) is 47.2 Å². The molecule has 1 aromatic carbocycles. The van der Waals surface area contributed by atoms with E-state index >= 15 is 0 Å². The maximum absolute atomic E-state index is 12.0. The monoisotopic (exact) mass is 267 g/mol. The van der Waals surface area contributed by atoms with Gasteiger partial charge in [0.05, 0.1) is 17.2 Å². The first-order valence-electron chi connectivity index (χ1n) is 7.02. The van der Waals surface area contributed by atoms with E-state index in [0.29, 0.717) is 5.36 Å². The van der Waals surface area contributed by atoms with Crippen LogP contribution in [0.4, 0.5) is 0 Å². The smallest absolute Gasteiger partial charge is 0.249 e. The lowest BCUT2D eigenvalue weighted by Crippen LogP contribution is -2.15. The minimum atomic E-state index is 0.00163. The zero-order valence-corrected chi connectivity index (χ0v) is 11.3. The maximum atomic E-state index is 12.0. The van der Waals surface area contributed by atoms with Gasteiger partial charge in [0.1, 0.15) is 0 Å². The van der Waals surface area contributed by atoms with Gasteiger partial charge in [0, 0.05) is 12.1 Å². The zero-order valence-electron chi connectivity index (χ0n) is 11.3. The summed E-state index contributed by atoms with van der Waals surface area (Å²) in [5.41, 5.74) is 0.987. The third-order valence-corrected chi connectivity index (χ3v) is 3.67. The van der Waals surface area contributed by atoms with Crippen molar-refractivity contribution >= 4 is 5.91 Å². The van der Waals surface area contributed by atoms with Crippen molar-refractivity contribution in [1.82, 2.24) is 9.78 Å². The van der Waals surface area contributed by atoms with Crippen LogP contribution in [0.3, 0.4) is 0 Å². The van der Waals surface area contributed by atoms with E-state index in [0.717, 1.165) is 31.4 Å². The Labute approximate surface area is 117 Å². The highest BCUT2D eigenvalue weighted by atomic mass is 16.1. The summed E-state index contributed by atoms with van der Waals surface area (Å²) in [6, 6.07) is 11.7. The Kier molecular flexibility index (Phi) is 3.72. The highest BCUT2D eigenvalue weighted by molar-refractivity contribution is 5.79. The molecule has 4 nitrogen and oxygen atoms in total. The normalized spacial score (nSPS) is 16.5. The van der Waals surface area contributed by atoms with E-state index in [9.17, 15) is 4.79 Å². The van der Waals surface area contributed by atoms with Crippen LogP contribution in [0.5, 0.6) is 0 Å². The first-order chi connectivity index (χ1) is 9.83. The average Bonchev–Trinajstić information content (AvgIpc) is 3.03. The third kappa shape index (κ3) is 2.85. The van der Waals surface area contributed by atoms with Crippen molar-refractivity contribution in [3.05, 3.63) is 54.1 Å². The van der Waals surface area contributed by atoms with Gasteiger partial charge in [0.25, 0.3) is 0 Å². The summed E-state index contributed by atoms with van der Waals surface area (Å²) in [7, 11) is 0. The van der Waals surface area contributed by atoms with Crippen LogP contribution in [0.2, 0.25) is 0 Å². The van der Waals surface area contributed by atoms with Crippen LogP contribution in [0.25, 0.3) is 5.69 Å². The molecule has 1 aliphatic rings. The molecular formula is C16H17N3O. The highest BCUT2D eigenvalue weighted by Gasteiger charge is 2.21. The quantitative estimate of drug-likeness (QED) is 0.839. The van der Waals surface area contributed by atoms with Crippen molar-refractivity contribution in [3.8, 4) is 5.69 Å². The second kappa shape index (κ2) is 5.82. The van der Waals surface area contributed by atoms with Gasteiger partial charge >= 0.3 is 0 Å². The molecule has 1 amide bonds. The Morgan fingerprint density at radius 1 is 1.15 bits per heavy atom. The van der Waals surface area contributed by atoms with E-state index in [1.807, 2.05) is 42.6 Å². The molecule has 0 radical (unpaired) electrons. The van der Waals surface area contributed by atoms with Crippen molar-refractivity contribution < 1.29 is 4.79 Å². The SMILES string of the molecule is O=C(/N=c1\ccn(-c2ccccc2)nc1)C1CCCC1. The van der Waals surface area contributed by atoms with Gasteiger partial charge < -0.3 is 0 Å². The van der Waals surface area contributed by atoms with Gasteiger partial charge in [0.2, 0.25) is 5.91 Å². The zero-order chi connectivity index (χ0) is 13.8. The van der Waals surface area contributed by atoms with E-state index in [-0.39, 0.29) is 11.8 Å². The third-order valence-electron chi connectivity index (χ3n) is 3.67. The summed E-state index contributed by atoms with van der Waals surface area (Å²) < 4.78 is 1.76. The van der Waals surface area contributed by atoms with Crippen LogP contribution >= 0.6 is 0 Å². The number of carbonyl (C=O) groups excluding carboxylic acids is 1. The molecule has 1 fully saturated rings. The lowest BCUT2D eigenvalue weighted by molar-refractivity contribution is -0.121. The lowest BCUT2D eigenvalue weighted by atomic mass is 10.1.